The fourth-order valence-electron chi connectivity index (χ4n) is 2.00. The van der Waals surface area contributed by atoms with E-state index in [0.29, 0.717) is 42.1 Å². The van der Waals surface area contributed by atoms with Gasteiger partial charge in [-0.2, -0.15) is 4.31 Å². The van der Waals surface area contributed by atoms with Crippen LogP contribution >= 0.6 is 11.6 Å². The first kappa shape index (κ1) is 15.6. The van der Waals surface area contributed by atoms with Gasteiger partial charge in [-0.25, -0.2) is 8.42 Å². The fourth-order valence-corrected chi connectivity index (χ4v) is 3.60. The molecule has 0 heterocycles. The SMILES string of the molecule is CCN(CC1CC1)S(=O)(=O)c1ccc(OCCCl)cc1. The maximum absolute atomic E-state index is 12.5. The number of rotatable bonds is 8. The number of nitrogens with zero attached hydrogens (tertiary/aromatic N) is 1. The van der Waals surface area contributed by atoms with Gasteiger partial charge in [0.25, 0.3) is 0 Å². The highest BCUT2D eigenvalue weighted by Gasteiger charge is 2.30. The average molecular weight is 318 g/mol. The Morgan fingerprint density at radius 3 is 2.45 bits per heavy atom. The van der Waals surface area contributed by atoms with Gasteiger partial charge in [0.15, 0.2) is 0 Å². The van der Waals surface area contributed by atoms with Crippen LogP contribution in [0.4, 0.5) is 0 Å². The number of ether oxygens (including phenoxy) is 1. The molecule has 6 heteroatoms. The highest BCUT2D eigenvalue weighted by Crippen LogP contribution is 2.31. The van der Waals surface area contributed by atoms with Crippen molar-refractivity contribution in [2.75, 3.05) is 25.6 Å². The predicted molar refractivity (Wildman–Crippen MR) is 79.8 cm³/mol. The summed E-state index contributed by atoms with van der Waals surface area (Å²) in [5.74, 6) is 1.58. The van der Waals surface area contributed by atoms with Gasteiger partial charge in [0, 0.05) is 13.1 Å². The van der Waals surface area contributed by atoms with Gasteiger partial charge in [0.1, 0.15) is 12.4 Å². The first-order valence-corrected chi connectivity index (χ1v) is 8.84. The molecule has 2 rings (SSSR count). The van der Waals surface area contributed by atoms with Crippen molar-refractivity contribution in [1.82, 2.24) is 4.31 Å². The molecule has 0 spiro atoms. The summed E-state index contributed by atoms with van der Waals surface area (Å²) in [4.78, 5) is 0.318. The van der Waals surface area contributed by atoms with E-state index in [0.717, 1.165) is 12.8 Å². The minimum atomic E-state index is -3.39. The molecule has 0 bridgehead atoms. The molecule has 0 saturated heterocycles. The van der Waals surface area contributed by atoms with E-state index in [2.05, 4.69) is 0 Å². The lowest BCUT2D eigenvalue weighted by atomic mass is 10.3. The zero-order chi connectivity index (χ0) is 14.6. The van der Waals surface area contributed by atoms with Crippen LogP contribution in [0.5, 0.6) is 5.75 Å². The standard InChI is InChI=1S/C14H20ClNO3S/c1-2-16(11-12-3-4-12)20(17,18)14-7-5-13(6-8-14)19-10-9-15/h5-8,12H,2-4,9-11H2,1H3. The molecule has 1 aromatic carbocycles. The van der Waals surface area contributed by atoms with Crippen molar-refractivity contribution in [1.29, 1.82) is 0 Å². The Balaban J connectivity index is 2.10. The second kappa shape index (κ2) is 6.78. The Morgan fingerprint density at radius 1 is 1.30 bits per heavy atom. The number of halogens is 1. The summed E-state index contributed by atoms with van der Waals surface area (Å²) in [7, 11) is -3.39. The van der Waals surface area contributed by atoms with Gasteiger partial charge >= 0.3 is 0 Å². The smallest absolute Gasteiger partial charge is 0.243 e. The molecule has 0 aliphatic heterocycles. The van der Waals surface area contributed by atoms with Crippen molar-refractivity contribution in [2.45, 2.75) is 24.7 Å². The van der Waals surface area contributed by atoms with Crippen LogP contribution in [-0.2, 0) is 10.0 Å². The van der Waals surface area contributed by atoms with E-state index in [-0.39, 0.29) is 0 Å². The average Bonchev–Trinajstić information content (AvgIpc) is 3.26. The first-order valence-electron chi connectivity index (χ1n) is 6.87. The Bertz CT molecular complexity index is 526. The number of alkyl halides is 1. The maximum atomic E-state index is 12.5. The second-order valence-corrected chi connectivity index (χ2v) is 7.22. The van der Waals surface area contributed by atoms with Crippen LogP contribution in [0.25, 0.3) is 0 Å². The summed E-state index contributed by atoms with van der Waals surface area (Å²) in [5.41, 5.74) is 0. The van der Waals surface area contributed by atoms with Crippen LogP contribution in [0.1, 0.15) is 19.8 Å². The molecule has 0 amide bonds. The number of hydrogen-bond acceptors (Lipinski definition) is 3. The van der Waals surface area contributed by atoms with Crippen molar-refractivity contribution in [3.8, 4) is 5.75 Å². The molecule has 1 saturated carbocycles. The van der Waals surface area contributed by atoms with Crippen LogP contribution < -0.4 is 4.74 Å². The summed E-state index contributed by atoms with van der Waals surface area (Å²) in [6.45, 7) is 3.42. The van der Waals surface area contributed by atoms with Crippen LogP contribution in [0.15, 0.2) is 29.2 Å². The molecule has 0 radical (unpaired) electrons. The molecular weight excluding hydrogens is 298 g/mol. The molecule has 1 aromatic rings. The van der Waals surface area contributed by atoms with E-state index >= 15 is 0 Å². The lowest BCUT2D eigenvalue weighted by molar-refractivity contribution is 0.342. The molecule has 20 heavy (non-hydrogen) atoms. The Morgan fingerprint density at radius 2 is 1.95 bits per heavy atom. The van der Waals surface area contributed by atoms with Crippen LogP contribution in [0.3, 0.4) is 0 Å². The third kappa shape index (κ3) is 3.87. The highest BCUT2D eigenvalue weighted by atomic mass is 35.5. The second-order valence-electron chi connectivity index (χ2n) is 4.91. The van der Waals surface area contributed by atoms with Gasteiger partial charge in [-0.05, 0) is 43.0 Å². The molecule has 1 aliphatic carbocycles. The minimum Gasteiger partial charge on any atom is -0.492 e. The van der Waals surface area contributed by atoms with Crippen molar-refractivity contribution >= 4 is 21.6 Å². The van der Waals surface area contributed by atoms with E-state index in [9.17, 15) is 8.42 Å². The predicted octanol–water partition coefficient (Wildman–Crippen LogP) is 2.72. The molecule has 4 nitrogen and oxygen atoms in total. The van der Waals surface area contributed by atoms with Crippen molar-refractivity contribution < 1.29 is 13.2 Å². The monoisotopic (exact) mass is 317 g/mol. The Labute approximate surface area is 125 Å². The summed E-state index contributed by atoms with van der Waals surface area (Å²) < 4.78 is 31.9. The lowest BCUT2D eigenvalue weighted by Crippen LogP contribution is -2.32. The van der Waals surface area contributed by atoms with Crippen LogP contribution in [0, 0.1) is 5.92 Å². The fraction of sp³-hybridized carbons (Fsp3) is 0.571. The topological polar surface area (TPSA) is 46.6 Å². The zero-order valence-corrected chi connectivity index (χ0v) is 13.2. The highest BCUT2D eigenvalue weighted by molar-refractivity contribution is 7.89. The zero-order valence-electron chi connectivity index (χ0n) is 11.6. The van der Waals surface area contributed by atoms with Gasteiger partial charge < -0.3 is 4.74 Å². The third-order valence-electron chi connectivity index (χ3n) is 3.32. The lowest BCUT2D eigenvalue weighted by Gasteiger charge is -2.20. The maximum Gasteiger partial charge on any atom is 0.243 e. The minimum absolute atomic E-state index is 0.318. The van der Waals surface area contributed by atoms with Crippen LogP contribution in [0.2, 0.25) is 0 Å². The molecular formula is C14H20ClNO3S. The number of sulfonamides is 1. The van der Waals surface area contributed by atoms with Gasteiger partial charge in [-0.1, -0.05) is 6.92 Å². The first-order chi connectivity index (χ1) is 9.57. The molecule has 1 aliphatic rings. The van der Waals surface area contributed by atoms with Crippen molar-refractivity contribution in [3.05, 3.63) is 24.3 Å². The largest absolute Gasteiger partial charge is 0.492 e. The van der Waals surface area contributed by atoms with Gasteiger partial charge in [-0.3, -0.25) is 0 Å². The van der Waals surface area contributed by atoms with Gasteiger partial charge in [0.2, 0.25) is 10.0 Å². The van der Waals surface area contributed by atoms with Crippen LogP contribution in [-0.4, -0.2) is 38.3 Å². The number of benzene rings is 1. The van der Waals surface area contributed by atoms with E-state index in [1.165, 1.54) is 0 Å². The van der Waals surface area contributed by atoms with Crippen molar-refractivity contribution in [3.63, 3.8) is 0 Å². The molecule has 112 valence electrons. The quantitative estimate of drug-likeness (QED) is 0.693. The Hall–Kier alpha value is -0.780. The molecule has 0 atom stereocenters. The number of hydrogen-bond donors (Lipinski definition) is 0. The molecule has 0 aromatic heterocycles. The summed E-state index contributed by atoms with van der Waals surface area (Å²) >= 11 is 5.54. The summed E-state index contributed by atoms with van der Waals surface area (Å²) in [6, 6.07) is 6.53. The van der Waals surface area contributed by atoms with E-state index in [4.69, 9.17) is 16.3 Å². The normalized spacial score (nSPS) is 15.6. The molecule has 1 fully saturated rings. The van der Waals surface area contributed by atoms with E-state index < -0.39 is 10.0 Å². The Kier molecular flexibility index (Phi) is 5.29. The van der Waals surface area contributed by atoms with E-state index in [1.54, 1.807) is 28.6 Å². The van der Waals surface area contributed by atoms with Crippen molar-refractivity contribution in [2.24, 2.45) is 5.92 Å². The van der Waals surface area contributed by atoms with E-state index in [1.807, 2.05) is 6.92 Å². The molecule has 0 N–H and O–H groups in total. The summed E-state index contributed by atoms with van der Waals surface area (Å²) in [5, 5.41) is 0. The van der Waals surface area contributed by atoms with Gasteiger partial charge in [0.05, 0.1) is 10.8 Å². The summed E-state index contributed by atoms with van der Waals surface area (Å²) in [6.07, 6.45) is 2.27. The molecule has 0 unspecified atom stereocenters. The third-order valence-corrected chi connectivity index (χ3v) is 5.43. The van der Waals surface area contributed by atoms with Gasteiger partial charge in [-0.15, -0.1) is 11.6 Å².